The molecular weight excluding hydrogens is 620 g/mol. The summed E-state index contributed by atoms with van der Waals surface area (Å²) in [6, 6.07) is 9.39. The van der Waals surface area contributed by atoms with Crippen molar-refractivity contribution in [2.24, 2.45) is 0 Å². The Hall–Kier alpha value is -2.16. The number of unbranched alkanes of at least 4 members (excludes halogenated alkanes) is 9. The maximum absolute atomic E-state index is 12.7. The van der Waals surface area contributed by atoms with Gasteiger partial charge >= 0.3 is 0 Å². The summed E-state index contributed by atoms with van der Waals surface area (Å²) in [5.74, 6) is -0.467. The van der Waals surface area contributed by atoms with Crippen molar-refractivity contribution in [2.75, 3.05) is 19.8 Å². The molecule has 0 radical (unpaired) electrons. The quantitative estimate of drug-likeness (QED) is 0.0671. The van der Waals surface area contributed by atoms with Crippen molar-refractivity contribution in [3.05, 3.63) is 35.9 Å². The van der Waals surface area contributed by atoms with E-state index in [1.54, 1.807) is 0 Å². The molecule has 2 amide bonds. The lowest BCUT2D eigenvalue weighted by atomic mass is 9.99. The van der Waals surface area contributed by atoms with Crippen LogP contribution in [-0.4, -0.2) is 111 Å². The summed E-state index contributed by atoms with van der Waals surface area (Å²) in [4.78, 5) is 25.0. The fourth-order valence-corrected chi connectivity index (χ4v) is 5.83. The van der Waals surface area contributed by atoms with Gasteiger partial charge in [0.15, 0.2) is 6.29 Å². The van der Waals surface area contributed by atoms with Gasteiger partial charge in [-0.1, -0.05) is 88.6 Å². The molecule has 12 heteroatoms. The van der Waals surface area contributed by atoms with Crippen molar-refractivity contribution >= 4 is 11.8 Å². The summed E-state index contributed by atoms with van der Waals surface area (Å²) < 4.78 is 11.0. The molecular formula is C36H62N2O10. The van der Waals surface area contributed by atoms with Gasteiger partial charge in [0, 0.05) is 19.4 Å². The van der Waals surface area contributed by atoms with Crippen molar-refractivity contribution in [3.63, 3.8) is 0 Å². The van der Waals surface area contributed by atoms with Crippen molar-refractivity contribution in [2.45, 2.75) is 159 Å². The first kappa shape index (κ1) is 42.0. The second-order valence-corrected chi connectivity index (χ2v) is 13.0. The Morgan fingerprint density at radius 2 is 1.46 bits per heavy atom. The SMILES string of the molecule is CCCCCCCC(=O)N[C@@H](CO[C@H]1OC(CO)[C@H](O)C(O)[C@@H]1O)[C@H](O)[C@H](O)CCCC(=O)NCCCCCCCCc1ccccc1. The van der Waals surface area contributed by atoms with Crippen molar-refractivity contribution in [1.29, 1.82) is 0 Å². The molecule has 2 rings (SSSR count). The van der Waals surface area contributed by atoms with Crippen molar-refractivity contribution in [3.8, 4) is 0 Å². The van der Waals surface area contributed by atoms with Crippen LogP contribution in [0.4, 0.5) is 0 Å². The molecule has 1 aromatic carbocycles. The highest BCUT2D eigenvalue weighted by Crippen LogP contribution is 2.23. The Balaban J connectivity index is 1.72. The van der Waals surface area contributed by atoms with E-state index in [1.165, 1.54) is 24.8 Å². The number of ether oxygens (including phenoxy) is 2. The van der Waals surface area contributed by atoms with Gasteiger partial charge in [0.1, 0.15) is 30.5 Å². The molecule has 0 saturated carbocycles. The van der Waals surface area contributed by atoms with Gasteiger partial charge < -0.3 is 50.7 Å². The molecule has 8 N–H and O–H groups in total. The molecule has 276 valence electrons. The average molecular weight is 683 g/mol. The van der Waals surface area contributed by atoms with E-state index >= 15 is 0 Å². The summed E-state index contributed by atoms with van der Waals surface area (Å²) in [7, 11) is 0. The number of aryl methyl sites for hydroxylation is 1. The average Bonchev–Trinajstić information content (AvgIpc) is 3.09. The molecule has 0 spiro atoms. The minimum absolute atomic E-state index is 0.0982. The van der Waals surface area contributed by atoms with Gasteiger partial charge in [-0.2, -0.15) is 0 Å². The predicted octanol–water partition coefficient (Wildman–Crippen LogP) is 2.24. The molecule has 48 heavy (non-hydrogen) atoms. The Bertz CT molecular complexity index is 985. The minimum Gasteiger partial charge on any atom is -0.394 e. The number of amides is 2. The van der Waals surface area contributed by atoms with E-state index in [2.05, 4.69) is 41.8 Å². The fourth-order valence-electron chi connectivity index (χ4n) is 5.83. The van der Waals surface area contributed by atoms with Crippen LogP contribution in [0, 0.1) is 0 Å². The monoisotopic (exact) mass is 682 g/mol. The van der Waals surface area contributed by atoms with Crippen LogP contribution in [0.5, 0.6) is 0 Å². The van der Waals surface area contributed by atoms with E-state index in [-0.39, 0.29) is 31.1 Å². The highest BCUT2D eigenvalue weighted by Gasteiger charge is 2.44. The number of carbonyl (C=O) groups excluding carboxylic acids is 2. The number of benzene rings is 1. The Kier molecular flexibility index (Phi) is 21.8. The molecule has 0 aliphatic carbocycles. The molecule has 1 aliphatic rings. The van der Waals surface area contributed by atoms with Crippen LogP contribution in [0.3, 0.4) is 0 Å². The van der Waals surface area contributed by atoms with Gasteiger partial charge in [-0.05, 0) is 44.1 Å². The maximum Gasteiger partial charge on any atom is 0.220 e. The topological polar surface area (TPSA) is 198 Å². The van der Waals surface area contributed by atoms with E-state index < -0.39 is 62.2 Å². The van der Waals surface area contributed by atoms with Crippen LogP contribution in [-0.2, 0) is 25.5 Å². The third kappa shape index (κ3) is 16.5. The zero-order valence-electron chi connectivity index (χ0n) is 28.8. The van der Waals surface area contributed by atoms with Gasteiger partial charge in [-0.15, -0.1) is 0 Å². The summed E-state index contributed by atoms with van der Waals surface area (Å²) in [5, 5.41) is 67.2. The molecule has 1 heterocycles. The van der Waals surface area contributed by atoms with Crippen LogP contribution in [0.15, 0.2) is 30.3 Å². The Morgan fingerprint density at radius 1 is 0.812 bits per heavy atom. The van der Waals surface area contributed by atoms with Gasteiger partial charge in [0.25, 0.3) is 0 Å². The van der Waals surface area contributed by atoms with Crippen LogP contribution < -0.4 is 10.6 Å². The van der Waals surface area contributed by atoms with Gasteiger partial charge in [-0.3, -0.25) is 9.59 Å². The number of hydrogen-bond acceptors (Lipinski definition) is 10. The van der Waals surface area contributed by atoms with E-state index in [0.29, 0.717) is 19.4 Å². The van der Waals surface area contributed by atoms with E-state index in [9.17, 15) is 40.2 Å². The Labute approximate surface area is 286 Å². The molecule has 1 aromatic rings. The van der Waals surface area contributed by atoms with Crippen LogP contribution >= 0.6 is 0 Å². The second-order valence-electron chi connectivity index (χ2n) is 13.0. The van der Waals surface area contributed by atoms with Gasteiger partial charge in [-0.25, -0.2) is 0 Å². The summed E-state index contributed by atoms with van der Waals surface area (Å²) in [5.41, 5.74) is 1.37. The summed E-state index contributed by atoms with van der Waals surface area (Å²) >= 11 is 0. The third-order valence-corrected chi connectivity index (χ3v) is 8.91. The molecule has 2 unspecified atom stereocenters. The zero-order valence-corrected chi connectivity index (χ0v) is 28.8. The smallest absolute Gasteiger partial charge is 0.220 e. The molecule has 8 atom stereocenters. The first-order valence-electron chi connectivity index (χ1n) is 18.1. The number of hydrogen-bond donors (Lipinski definition) is 8. The summed E-state index contributed by atoms with van der Waals surface area (Å²) in [6.07, 6.45) is 3.03. The van der Waals surface area contributed by atoms with Crippen molar-refractivity contribution in [1.82, 2.24) is 10.6 Å². The largest absolute Gasteiger partial charge is 0.394 e. The number of carbonyl (C=O) groups is 2. The molecule has 12 nitrogen and oxygen atoms in total. The lowest BCUT2D eigenvalue weighted by molar-refractivity contribution is -0.303. The highest BCUT2D eigenvalue weighted by molar-refractivity contribution is 5.76. The first-order chi connectivity index (χ1) is 23.2. The lowest BCUT2D eigenvalue weighted by Gasteiger charge is -2.40. The van der Waals surface area contributed by atoms with Gasteiger partial charge in [0.05, 0.1) is 25.4 Å². The third-order valence-electron chi connectivity index (χ3n) is 8.91. The Morgan fingerprint density at radius 3 is 2.17 bits per heavy atom. The van der Waals surface area contributed by atoms with E-state index in [1.807, 2.05) is 6.07 Å². The second kappa shape index (κ2) is 24.9. The van der Waals surface area contributed by atoms with Crippen LogP contribution in [0.1, 0.15) is 109 Å². The summed E-state index contributed by atoms with van der Waals surface area (Å²) in [6.45, 7) is 1.67. The predicted molar refractivity (Wildman–Crippen MR) is 182 cm³/mol. The van der Waals surface area contributed by atoms with Crippen LogP contribution in [0.2, 0.25) is 0 Å². The highest BCUT2D eigenvalue weighted by atomic mass is 16.7. The standard InChI is InChI=1S/C36H62N2O10/c1-2-3-4-7-14-21-31(42)38-27(25-47-36-35(46)34(45)33(44)29(24-39)48-36)32(43)28(40)20-16-22-30(41)37-23-15-9-6-5-8-11-17-26-18-12-10-13-19-26/h10,12-13,18-19,27-29,32-36,39-40,43-46H,2-9,11,14-17,20-25H2,1H3,(H,37,41)(H,38,42)/t27-,28+,29?,32-,33-,34?,35-,36-/m0/s1. The number of aliphatic hydroxyl groups excluding tert-OH is 6. The zero-order chi connectivity index (χ0) is 35.1. The molecule has 1 saturated heterocycles. The van der Waals surface area contributed by atoms with E-state index in [0.717, 1.165) is 51.4 Å². The number of aliphatic hydroxyl groups is 6. The number of nitrogens with one attached hydrogen (secondary N) is 2. The van der Waals surface area contributed by atoms with Gasteiger partial charge in [0.2, 0.25) is 11.8 Å². The van der Waals surface area contributed by atoms with E-state index in [4.69, 9.17) is 9.47 Å². The maximum atomic E-state index is 12.7. The number of rotatable bonds is 26. The normalized spacial score (nSPS) is 22.9. The molecule has 0 bridgehead atoms. The lowest BCUT2D eigenvalue weighted by Crippen LogP contribution is -2.60. The van der Waals surface area contributed by atoms with Crippen molar-refractivity contribution < 1.29 is 49.7 Å². The van der Waals surface area contributed by atoms with Crippen LogP contribution in [0.25, 0.3) is 0 Å². The first-order valence-corrected chi connectivity index (χ1v) is 18.1. The molecule has 0 aromatic heterocycles. The molecule has 1 aliphatic heterocycles. The molecule has 1 fully saturated rings. The fraction of sp³-hybridized carbons (Fsp3) is 0.778. The minimum atomic E-state index is -1.65.